The van der Waals surface area contributed by atoms with Gasteiger partial charge in [0, 0.05) is 151 Å². The van der Waals surface area contributed by atoms with E-state index in [0.29, 0.717) is 10.0 Å². The Labute approximate surface area is 548 Å². The third kappa shape index (κ3) is 24.5. The Morgan fingerprint density at radius 2 is 1.10 bits per heavy atom. The van der Waals surface area contributed by atoms with Gasteiger partial charge in [0.15, 0.2) is 0 Å². The zero-order valence-electron chi connectivity index (χ0n) is 45.0. The number of carbonyl (C=O) groups is 2. The molecule has 0 unspecified atom stereocenters. The molecule has 1 radical (unpaired) electrons. The molecule has 31 heteroatoms. The molecule has 10 aromatic rings. The molecule has 1 saturated heterocycles. The fraction of sp³-hybridized carbons (Fsp3) is 0.245. The van der Waals surface area contributed by atoms with E-state index in [-0.39, 0.29) is 40.5 Å². The van der Waals surface area contributed by atoms with Crippen molar-refractivity contribution in [1.82, 2.24) is 49.8 Å². The summed E-state index contributed by atoms with van der Waals surface area (Å²) in [6.07, 6.45) is 20.1. The van der Waals surface area contributed by atoms with Crippen molar-refractivity contribution in [2.45, 2.75) is 73.0 Å². The van der Waals surface area contributed by atoms with E-state index in [4.69, 9.17) is 60.0 Å². The first-order valence-electron chi connectivity index (χ1n) is 24.1. The standard InChI is InChI=1S/C13H16BClN2O2.C7H4BrClN2.C7H7BrN2.C7H5BrN2.C7H8N2.C7H6N2.2C2H4O2.CH4.BHNS.Mn.2O.Pd.H2/c1-12(2)13(3,4)19-14(18-12)8-5-9-10(15)7-17-11(9)16-6-8;8-4-1-5-6(9)3-11-7(5)10-2-4;2*8-6-3-5-1-2-9-7(5)10-4-6;2*1-2-6-3-5-9-7(6)8-4-1;2*1-2(3)4;;1-2-3;;;;;/h5-7H,1-4H3,(H,16,17);1-3H,(H,10,11);3-4H,1-2H2,(H,9,10);1-4H,(H,9,10);1-2,4H,3,5H2,(H,8,9);1-5H,(H,8,9);2*1H3,(H,3,4);1H4;3H;;;;;1H. The van der Waals surface area contributed by atoms with Crippen LogP contribution in [-0.2, 0) is 74.7 Å². The van der Waals surface area contributed by atoms with Crippen LogP contribution in [0, 0.1) is 0 Å². The van der Waals surface area contributed by atoms with Crippen LogP contribution in [0.25, 0.3) is 44.1 Å². The maximum atomic E-state index is 9.00. The largest absolute Gasteiger partial charge is 0.370 e. The van der Waals surface area contributed by atoms with Gasteiger partial charge in [-0.15, -0.1) is 0 Å². The second-order valence-corrected chi connectivity index (χ2v) is 21.8. The van der Waals surface area contributed by atoms with Crippen LogP contribution >= 0.6 is 83.8 Å². The molecular formula is C53H61B2Br3Cl2MnN13O8PdS. The first-order valence-corrected chi connectivity index (χ1v) is 28.6. The van der Waals surface area contributed by atoms with Crippen LogP contribution in [0.3, 0.4) is 0 Å². The van der Waals surface area contributed by atoms with Crippen LogP contribution in [0.5, 0.6) is 0 Å². The maximum Gasteiger partial charge on any atom is 0.137 e. The number of pyridine rings is 6. The molecule has 3 aliphatic heterocycles. The SMILES string of the molecule is Brc1cnc2[nH]ccc2c1.Brc1cnc2c(c1)CCN2.C.CC(=O)O.CC(=O)O.CC1(C)OB(c2cnc3[nH]cc(Cl)c3c2)OC1(C)C.Clc1c[nH]c2ncc(Br)cc12.[B]=NS.[HH].[O]=[Mn]=[O].[Pd].c1cnc2[nH]ccc2c1.c1cnc2c(c1)CCN2. The number of rotatable bonds is 1. The van der Waals surface area contributed by atoms with Gasteiger partial charge in [-0.3, -0.25) is 9.59 Å². The second-order valence-electron chi connectivity index (χ2n) is 17.8. The quantitative estimate of drug-likeness (QED) is 0.0545. The number of nitrogens with one attached hydrogen (secondary N) is 6. The van der Waals surface area contributed by atoms with Crippen molar-refractivity contribution in [3.63, 3.8) is 0 Å². The molecule has 21 nitrogen and oxygen atoms in total. The van der Waals surface area contributed by atoms with Crippen molar-refractivity contribution in [1.29, 1.82) is 0 Å². The van der Waals surface area contributed by atoms with Crippen LogP contribution in [0.1, 0.15) is 61.5 Å². The number of halogens is 5. The molecule has 0 bridgehead atoms. The van der Waals surface area contributed by atoms with Crippen molar-refractivity contribution in [3.8, 4) is 0 Å². The number of carboxylic acids is 2. The van der Waals surface area contributed by atoms with E-state index in [1.165, 1.54) is 11.1 Å². The van der Waals surface area contributed by atoms with Gasteiger partial charge in [0.25, 0.3) is 11.9 Å². The van der Waals surface area contributed by atoms with Crippen molar-refractivity contribution >= 4 is 172 Å². The summed E-state index contributed by atoms with van der Waals surface area (Å²) in [5.41, 5.74) is 6.31. The molecule has 3 aliphatic rings. The second kappa shape index (κ2) is 37.9. The van der Waals surface area contributed by atoms with E-state index in [9.17, 15) is 0 Å². The molecule has 1 fully saturated rings. The minimum atomic E-state index is -1.44. The monoisotopic (exact) mass is 1530 g/mol. The van der Waals surface area contributed by atoms with Crippen molar-refractivity contribution in [2.75, 3.05) is 23.7 Å². The molecule has 84 heavy (non-hydrogen) atoms. The van der Waals surface area contributed by atoms with E-state index in [2.05, 4.69) is 145 Å². The molecular weight excluding hydrogens is 1470 g/mol. The number of H-pyrrole nitrogens is 4. The number of nitrogens with zero attached hydrogens (tertiary/aromatic N) is 7. The molecule has 0 atom stereocenters. The molecule has 13 heterocycles. The summed E-state index contributed by atoms with van der Waals surface area (Å²) < 4.78 is 34.5. The third-order valence-electron chi connectivity index (χ3n) is 11.4. The molecule has 0 aromatic carbocycles. The number of hydrogen-bond acceptors (Lipinski definition) is 16. The molecule has 8 N–H and O–H groups in total. The van der Waals surface area contributed by atoms with Crippen LogP contribution in [-0.4, -0.2) is 111 Å². The van der Waals surface area contributed by atoms with Crippen LogP contribution in [0.15, 0.2) is 140 Å². The number of aromatic amines is 4. The van der Waals surface area contributed by atoms with Crippen molar-refractivity contribution in [2.24, 2.45) is 4.30 Å². The number of aromatic nitrogens is 10. The maximum absolute atomic E-state index is 9.00. The topological polar surface area (TPSA) is 304 Å². The van der Waals surface area contributed by atoms with Crippen molar-refractivity contribution < 1.29 is 73.5 Å². The van der Waals surface area contributed by atoms with Crippen LogP contribution in [0.4, 0.5) is 11.6 Å². The smallest absolute Gasteiger partial charge is 0.137 e. The van der Waals surface area contributed by atoms with Gasteiger partial charge < -0.3 is 50.1 Å². The predicted molar refractivity (Wildman–Crippen MR) is 340 cm³/mol. The molecule has 10 aromatic heterocycles. The van der Waals surface area contributed by atoms with E-state index in [1.807, 2.05) is 101 Å². The van der Waals surface area contributed by atoms with Crippen LogP contribution < -0.4 is 16.1 Å². The van der Waals surface area contributed by atoms with Gasteiger partial charge in [0.1, 0.15) is 34.2 Å². The summed E-state index contributed by atoms with van der Waals surface area (Å²) in [5.74, 6) is 0.445. The van der Waals surface area contributed by atoms with E-state index >= 15 is 0 Å². The van der Waals surface area contributed by atoms with Gasteiger partial charge in [0.2, 0.25) is 0 Å². The minimum Gasteiger partial charge on any atom is -0.370 e. The first-order chi connectivity index (χ1) is 39.0. The Morgan fingerprint density at radius 1 is 0.667 bits per heavy atom. The summed E-state index contributed by atoms with van der Waals surface area (Å²) >= 11 is 23.7. The minimum absolute atomic E-state index is 0. The number of carboxylic acid groups (broad SMARTS) is 2. The molecule has 450 valence electrons. The van der Waals surface area contributed by atoms with Gasteiger partial charge in [-0.25, -0.2) is 29.9 Å². The number of aliphatic carboxylic acids is 2. The molecule has 0 aliphatic carbocycles. The Morgan fingerprint density at radius 3 is 1.64 bits per heavy atom. The van der Waals surface area contributed by atoms with Gasteiger partial charge in [-0.1, -0.05) is 36.7 Å². The number of fused-ring (bicyclic) bond motifs is 6. The Balaban J connectivity index is 0.000000493. The van der Waals surface area contributed by atoms with E-state index in [0.717, 1.165) is 114 Å². The van der Waals surface area contributed by atoms with Gasteiger partial charge >= 0.3 is 54.4 Å². The van der Waals surface area contributed by atoms with E-state index in [1.54, 1.807) is 37.2 Å². The molecule has 0 spiro atoms. The van der Waals surface area contributed by atoms with Crippen LogP contribution in [0.2, 0.25) is 10.0 Å². The summed E-state index contributed by atoms with van der Waals surface area (Å²) in [4.78, 5) is 55.0. The fourth-order valence-electron chi connectivity index (χ4n) is 7.10. The fourth-order valence-corrected chi connectivity index (χ4v) is 8.56. The van der Waals surface area contributed by atoms with E-state index < -0.39 is 33.9 Å². The summed E-state index contributed by atoms with van der Waals surface area (Å²) in [5, 5.41) is 26.7. The average Bonchev–Trinajstić information content (AvgIpc) is 4.35. The Kier molecular flexibility index (Phi) is 33.7. The zero-order chi connectivity index (χ0) is 60.4. The summed E-state index contributed by atoms with van der Waals surface area (Å²) in [7, 11) is 3.93. The van der Waals surface area contributed by atoms with Crippen molar-refractivity contribution in [3.05, 3.63) is 157 Å². The Bertz CT molecular complexity index is 3630. The number of hydrogen-bond donors (Lipinski definition) is 9. The number of anilines is 2. The molecule has 13 rings (SSSR count). The summed E-state index contributed by atoms with van der Waals surface area (Å²) in [6, 6.07) is 20.1. The molecule has 0 saturated carbocycles. The van der Waals surface area contributed by atoms with Gasteiger partial charge in [0.05, 0.1) is 21.2 Å². The summed E-state index contributed by atoms with van der Waals surface area (Å²) in [6.45, 7) is 12.4. The predicted octanol–water partition coefficient (Wildman–Crippen LogP) is 13.2. The Hall–Kier alpha value is -5.40. The third-order valence-corrected chi connectivity index (χ3v) is 13.3. The molecule has 0 amide bonds. The number of thiol groups is 1. The first kappa shape index (κ1) is 74.7. The normalized spacial score (nSPS) is 12.7. The zero-order valence-corrected chi connectivity index (χ0v) is 54.9. The average molecular weight is 1530 g/mol. The van der Waals surface area contributed by atoms with Gasteiger partial charge in [-0.2, -0.15) is 0 Å². The van der Waals surface area contributed by atoms with Gasteiger partial charge in [-0.05, 0) is 154 Å².